The van der Waals surface area contributed by atoms with Crippen LogP contribution >= 0.6 is 11.6 Å². The third-order valence-corrected chi connectivity index (χ3v) is 4.82. The van der Waals surface area contributed by atoms with Crippen LogP contribution in [0.15, 0.2) is 48.5 Å². The summed E-state index contributed by atoms with van der Waals surface area (Å²) >= 11 is 5.83. The van der Waals surface area contributed by atoms with Crippen molar-refractivity contribution in [3.8, 4) is 0 Å². The van der Waals surface area contributed by atoms with Gasteiger partial charge in [0.1, 0.15) is 6.61 Å². The predicted octanol–water partition coefficient (Wildman–Crippen LogP) is 4.78. The Kier molecular flexibility index (Phi) is 7.14. The number of ether oxygens (including phenoxy) is 1. The average Bonchev–Trinajstić information content (AvgIpc) is 2.73. The Morgan fingerprint density at radius 2 is 1.57 bits per heavy atom. The van der Waals surface area contributed by atoms with Crippen molar-refractivity contribution in [2.24, 2.45) is 0 Å². The zero-order valence-corrected chi connectivity index (χ0v) is 16.4. The molecule has 1 fully saturated rings. The van der Waals surface area contributed by atoms with E-state index in [0.717, 1.165) is 37.1 Å². The van der Waals surface area contributed by atoms with Crippen LogP contribution in [0.2, 0.25) is 5.02 Å². The molecule has 2 aromatic rings. The fraction of sp³-hybridized carbons (Fsp3) is 0.333. The second-order valence-corrected chi connectivity index (χ2v) is 7.17. The molecule has 1 aliphatic rings. The van der Waals surface area contributed by atoms with Crippen molar-refractivity contribution in [1.82, 2.24) is 10.2 Å². The maximum atomic E-state index is 12.1. The van der Waals surface area contributed by atoms with E-state index in [4.69, 9.17) is 16.3 Å². The number of carbonyl (C=O) groups is 2. The fourth-order valence-electron chi connectivity index (χ4n) is 2.98. The van der Waals surface area contributed by atoms with Crippen molar-refractivity contribution < 1.29 is 14.3 Å². The summed E-state index contributed by atoms with van der Waals surface area (Å²) in [5, 5.41) is 6.26. The normalized spacial score (nSPS) is 13.7. The molecule has 0 unspecified atom stereocenters. The summed E-state index contributed by atoms with van der Waals surface area (Å²) in [5.41, 5.74) is 2.46. The largest absolute Gasteiger partial charge is 0.444 e. The topological polar surface area (TPSA) is 70.7 Å². The van der Waals surface area contributed by atoms with Crippen molar-refractivity contribution in [3.63, 3.8) is 0 Å². The SMILES string of the molecule is O=C(Nc1ccc(CNC(=O)N2CCCCC2)cc1)OCc1ccc(Cl)cc1. The number of nitrogens with one attached hydrogen (secondary N) is 2. The third-order valence-electron chi connectivity index (χ3n) is 4.57. The first kappa shape index (κ1) is 20.0. The number of urea groups is 1. The molecule has 7 heteroatoms. The molecule has 28 heavy (non-hydrogen) atoms. The molecular weight excluding hydrogens is 378 g/mol. The molecule has 0 aromatic heterocycles. The first-order chi connectivity index (χ1) is 13.6. The lowest BCUT2D eigenvalue weighted by Gasteiger charge is -2.26. The van der Waals surface area contributed by atoms with E-state index in [1.54, 1.807) is 24.3 Å². The van der Waals surface area contributed by atoms with Crippen molar-refractivity contribution in [2.45, 2.75) is 32.4 Å². The Balaban J connectivity index is 1.41. The van der Waals surface area contributed by atoms with Crippen LogP contribution in [0, 0.1) is 0 Å². The smallest absolute Gasteiger partial charge is 0.411 e. The van der Waals surface area contributed by atoms with E-state index in [2.05, 4.69) is 10.6 Å². The molecule has 148 valence electrons. The number of halogens is 1. The van der Waals surface area contributed by atoms with Crippen LogP contribution in [-0.2, 0) is 17.9 Å². The van der Waals surface area contributed by atoms with Crippen molar-refractivity contribution in [1.29, 1.82) is 0 Å². The number of piperidine rings is 1. The first-order valence-electron chi connectivity index (χ1n) is 9.40. The van der Waals surface area contributed by atoms with Crippen LogP contribution in [0.4, 0.5) is 15.3 Å². The quantitative estimate of drug-likeness (QED) is 0.757. The highest BCUT2D eigenvalue weighted by Crippen LogP contribution is 2.13. The van der Waals surface area contributed by atoms with Crippen LogP contribution in [0.25, 0.3) is 0 Å². The number of anilines is 1. The van der Waals surface area contributed by atoms with E-state index >= 15 is 0 Å². The Labute approximate surface area is 169 Å². The van der Waals surface area contributed by atoms with Gasteiger partial charge in [-0.05, 0) is 54.7 Å². The molecule has 1 heterocycles. The molecular formula is C21H24ClN3O3. The third kappa shape index (κ3) is 6.16. The number of nitrogens with zero attached hydrogens (tertiary/aromatic N) is 1. The Bertz CT molecular complexity index is 788. The molecule has 2 aromatic carbocycles. The summed E-state index contributed by atoms with van der Waals surface area (Å²) in [6.07, 6.45) is 2.81. The molecule has 0 atom stereocenters. The van der Waals surface area contributed by atoms with Crippen LogP contribution in [0.5, 0.6) is 0 Å². The molecule has 0 saturated carbocycles. The molecule has 0 aliphatic carbocycles. The lowest BCUT2D eigenvalue weighted by atomic mass is 10.1. The van der Waals surface area contributed by atoms with Crippen LogP contribution in [0.1, 0.15) is 30.4 Å². The van der Waals surface area contributed by atoms with Gasteiger partial charge in [-0.15, -0.1) is 0 Å². The van der Waals surface area contributed by atoms with E-state index in [1.165, 1.54) is 6.42 Å². The average molecular weight is 402 g/mol. The van der Waals surface area contributed by atoms with Crippen LogP contribution in [0.3, 0.4) is 0 Å². The number of hydrogen-bond donors (Lipinski definition) is 2. The number of rotatable bonds is 5. The van der Waals surface area contributed by atoms with Gasteiger partial charge < -0.3 is 15.0 Å². The predicted molar refractivity (Wildman–Crippen MR) is 109 cm³/mol. The minimum absolute atomic E-state index is 0.0207. The summed E-state index contributed by atoms with van der Waals surface area (Å²) in [5.74, 6) is 0. The zero-order chi connectivity index (χ0) is 19.8. The van der Waals surface area contributed by atoms with Crippen LogP contribution in [-0.4, -0.2) is 30.1 Å². The summed E-state index contributed by atoms with van der Waals surface area (Å²) < 4.78 is 5.19. The highest BCUT2D eigenvalue weighted by Gasteiger charge is 2.15. The highest BCUT2D eigenvalue weighted by molar-refractivity contribution is 6.30. The maximum Gasteiger partial charge on any atom is 0.411 e. The zero-order valence-electron chi connectivity index (χ0n) is 15.6. The second kappa shape index (κ2) is 9.99. The number of hydrogen-bond acceptors (Lipinski definition) is 3. The standard InChI is InChI=1S/C21H24ClN3O3/c22-18-8-4-17(5-9-18)15-28-21(27)24-19-10-6-16(7-11-19)14-23-20(26)25-12-2-1-3-13-25/h4-11H,1-3,12-15H2,(H,23,26)(H,24,27). The summed E-state index contributed by atoms with van der Waals surface area (Å²) in [4.78, 5) is 25.9. The first-order valence-corrected chi connectivity index (χ1v) is 9.78. The highest BCUT2D eigenvalue weighted by atomic mass is 35.5. The number of amides is 3. The lowest BCUT2D eigenvalue weighted by Crippen LogP contribution is -2.42. The molecule has 0 spiro atoms. The van der Waals surface area contributed by atoms with Crippen molar-refractivity contribution >= 4 is 29.4 Å². The summed E-state index contributed by atoms with van der Waals surface area (Å²) in [6, 6.07) is 14.4. The Morgan fingerprint density at radius 3 is 2.25 bits per heavy atom. The molecule has 3 amide bonds. The van der Waals surface area contributed by atoms with E-state index < -0.39 is 6.09 Å². The molecule has 6 nitrogen and oxygen atoms in total. The van der Waals surface area contributed by atoms with Crippen molar-refractivity contribution in [3.05, 3.63) is 64.7 Å². The van der Waals surface area contributed by atoms with Gasteiger partial charge >= 0.3 is 12.1 Å². The van der Waals surface area contributed by atoms with Gasteiger partial charge in [0.25, 0.3) is 0 Å². The monoisotopic (exact) mass is 401 g/mol. The molecule has 0 radical (unpaired) electrons. The summed E-state index contributed by atoms with van der Waals surface area (Å²) in [6.45, 7) is 2.28. The molecule has 1 aliphatic heterocycles. The van der Waals surface area contributed by atoms with E-state index in [1.807, 2.05) is 29.2 Å². The number of benzene rings is 2. The minimum Gasteiger partial charge on any atom is -0.444 e. The minimum atomic E-state index is -0.527. The molecule has 3 rings (SSSR count). The Morgan fingerprint density at radius 1 is 0.929 bits per heavy atom. The van der Waals surface area contributed by atoms with Gasteiger partial charge in [0, 0.05) is 30.3 Å². The van der Waals surface area contributed by atoms with Gasteiger partial charge in [0.2, 0.25) is 0 Å². The lowest BCUT2D eigenvalue weighted by molar-refractivity contribution is 0.155. The second-order valence-electron chi connectivity index (χ2n) is 6.73. The Hall–Kier alpha value is -2.73. The van der Waals surface area contributed by atoms with Gasteiger partial charge in [-0.25, -0.2) is 9.59 Å². The summed E-state index contributed by atoms with van der Waals surface area (Å²) in [7, 11) is 0. The van der Waals surface area contributed by atoms with Crippen molar-refractivity contribution in [2.75, 3.05) is 18.4 Å². The van der Waals surface area contributed by atoms with Gasteiger partial charge in [-0.2, -0.15) is 0 Å². The number of carbonyl (C=O) groups excluding carboxylic acids is 2. The molecule has 1 saturated heterocycles. The van der Waals surface area contributed by atoms with Gasteiger partial charge in [0.15, 0.2) is 0 Å². The van der Waals surface area contributed by atoms with E-state index in [0.29, 0.717) is 17.3 Å². The van der Waals surface area contributed by atoms with Gasteiger partial charge in [0.05, 0.1) is 0 Å². The van der Waals surface area contributed by atoms with Gasteiger partial charge in [-0.1, -0.05) is 35.9 Å². The van der Waals surface area contributed by atoms with Crippen LogP contribution < -0.4 is 10.6 Å². The molecule has 2 N–H and O–H groups in total. The van der Waals surface area contributed by atoms with E-state index in [-0.39, 0.29) is 12.6 Å². The molecule has 0 bridgehead atoms. The maximum absolute atomic E-state index is 12.1. The number of likely N-dealkylation sites (tertiary alicyclic amines) is 1. The van der Waals surface area contributed by atoms with Gasteiger partial charge in [-0.3, -0.25) is 5.32 Å². The fourth-order valence-corrected chi connectivity index (χ4v) is 3.10. The van der Waals surface area contributed by atoms with E-state index in [9.17, 15) is 9.59 Å².